The van der Waals surface area contributed by atoms with Gasteiger partial charge >= 0.3 is 0 Å². The number of carbonyl (C=O) groups excluding carboxylic acids is 1. The highest BCUT2D eigenvalue weighted by Gasteiger charge is 2.08. The molecule has 1 rings (SSSR count). The van der Waals surface area contributed by atoms with E-state index in [0.717, 1.165) is 24.3 Å². The Kier molecular flexibility index (Phi) is 7.24. The lowest BCUT2D eigenvalue weighted by Gasteiger charge is -2.15. The number of rotatable bonds is 9. The third kappa shape index (κ3) is 5.46. The van der Waals surface area contributed by atoms with Crippen LogP contribution in [0.5, 0.6) is 5.75 Å². The van der Waals surface area contributed by atoms with E-state index in [-0.39, 0.29) is 5.78 Å². The van der Waals surface area contributed by atoms with Crippen molar-refractivity contribution in [2.45, 2.75) is 52.9 Å². The van der Waals surface area contributed by atoms with Crippen LogP contribution in [0.2, 0.25) is 0 Å². The predicted molar refractivity (Wildman–Crippen MR) is 79.9 cm³/mol. The second-order valence-electron chi connectivity index (χ2n) is 5.03. The van der Waals surface area contributed by atoms with Crippen LogP contribution >= 0.6 is 0 Å². The van der Waals surface area contributed by atoms with Crippen LogP contribution in [0, 0.1) is 5.92 Å². The first-order valence-electron chi connectivity index (χ1n) is 7.47. The van der Waals surface area contributed by atoms with Crippen LogP contribution in [0.3, 0.4) is 0 Å². The van der Waals surface area contributed by atoms with E-state index in [0.29, 0.717) is 12.3 Å². The molecular weight excluding hydrogens is 236 g/mol. The van der Waals surface area contributed by atoms with Crippen LogP contribution in [0.15, 0.2) is 24.3 Å². The predicted octanol–water partition coefficient (Wildman–Crippen LogP) is 4.87. The Hall–Kier alpha value is -1.31. The van der Waals surface area contributed by atoms with Gasteiger partial charge in [-0.2, -0.15) is 0 Å². The van der Waals surface area contributed by atoms with Gasteiger partial charge in [0, 0.05) is 12.0 Å². The lowest BCUT2D eigenvalue weighted by Crippen LogP contribution is -2.11. The Morgan fingerprint density at radius 1 is 1.26 bits per heavy atom. The van der Waals surface area contributed by atoms with Gasteiger partial charge in [0.2, 0.25) is 0 Å². The van der Waals surface area contributed by atoms with Crippen molar-refractivity contribution in [1.29, 1.82) is 0 Å². The number of carbonyl (C=O) groups is 1. The summed E-state index contributed by atoms with van der Waals surface area (Å²) in [4.78, 5) is 11.6. The maximum absolute atomic E-state index is 11.6. The zero-order valence-corrected chi connectivity index (χ0v) is 12.4. The number of ketones is 1. The summed E-state index contributed by atoms with van der Waals surface area (Å²) in [5, 5.41) is 0. The molecule has 0 saturated carbocycles. The van der Waals surface area contributed by atoms with Crippen LogP contribution in [0.25, 0.3) is 0 Å². The van der Waals surface area contributed by atoms with Gasteiger partial charge in [0.1, 0.15) is 5.75 Å². The first-order valence-corrected chi connectivity index (χ1v) is 7.47. The summed E-state index contributed by atoms with van der Waals surface area (Å²) < 4.78 is 5.84. The van der Waals surface area contributed by atoms with Gasteiger partial charge in [-0.3, -0.25) is 4.79 Å². The monoisotopic (exact) mass is 262 g/mol. The fourth-order valence-electron chi connectivity index (χ4n) is 2.08. The van der Waals surface area contributed by atoms with E-state index < -0.39 is 0 Å². The molecule has 0 radical (unpaired) electrons. The lowest BCUT2D eigenvalue weighted by molar-refractivity contribution is 0.0987. The molecule has 0 aliphatic heterocycles. The van der Waals surface area contributed by atoms with Crippen LogP contribution in [0.4, 0.5) is 0 Å². The van der Waals surface area contributed by atoms with E-state index in [1.165, 1.54) is 19.3 Å². The van der Waals surface area contributed by atoms with Crippen molar-refractivity contribution in [2.24, 2.45) is 5.92 Å². The SMILES string of the molecule is CCCCC(CC)COc1cccc(C(=O)CC)c1. The first kappa shape index (κ1) is 15.7. The lowest BCUT2D eigenvalue weighted by atomic mass is 10.0. The largest absolute Gasteiger partial charge is 0.493 e. The molecule has 0 bridgehead atoms. The molecular formula is C17H26O2. The Balaban J connectivity index is 2.54. The zero-order chi connectivity index (χ0) is 14.1. The summed E-state index contributed by atoms with van der Waals surface area (Å²) in [5.41, 5.74) is 0.751. The summed E-state index contributed by atoms with van der Waals surface area (Å²) >= 11 is 0. The molecule has 1 aromatic rings. The van der Waals surface area contributed by atoms with Crippen molar-refractivity contribution in [3.8, 4) is 5.75 Å². The highest BCUT2D eigenvalue weighted by Crippen LogP contribution is 2.18. The zero-order valence-electron chi connectivity index (χ0n) is 12.4. The maximum Gasteiger partial charge on any atom is 0.162 e. The summed E-state index contributed by atoms with van der Waals surface area (Å²) in [7, 11) is 0. The average molecular weight is 262 g/mol. The van der Waals surface area contributed by atoms with Crippen molar-refractivity contribution in [3.05, 3.63) is 29.8 Å². The third-order valence-electron chi connectivity index (χ3n) is 3.51. The van der Waals surface area contributed by atoms with E-state index in [9.17, 15) is 4.79 Å². The van der Waals surface area contributed by atoms with Crippen LogP contribution in [0.1, 0.15) is 63.2 Å². The molecule has 19 heavy (non-hydrogen) atoms. The van der Waals surface area contributed by atoms with Crippen molar-refractivity contribution >= 4 is 5.78 Å². The number of Topliss-reactive ketones (excluding diaryl/α,β-unsaturated/α-hetero) is 1. The first-order chi connectivity index (χ1) is 9.21. The van der Waals surface area contributed by atoms with Gasteiger partial charge in [0.25, 0.3) is 0 Å². The Morgan fingerprint density at radius 2 is 2.05 bits per heavy atom. The summed E-state index contributed by atoms with van der Waals surface area (Å²) in [6.45, 7) is 7.06. The normalized spacial score (nSPS) is 12.2. The minimum atomic E-state index is 0.170. The second kappa shape index (κ2) is 8.73. The molecule has 106 valence electrons. The third-order valence-corrected chi connectivity index (χ3v) is 3.51. The maximum atomic E-state index is 11.6. The van der Waals surface area contributed by atoms with Crippen molar-refractivity contribution in [3.63, 3.8) is 0 Å². The molecule has 0 amide bonds. The van der Waals surface area contributed by atoms with E-state index in [1.54, 1.807) is 0 Å². The Bertz CT molecular complexity index is 385. The molecule has 1 unspecified atom stereocenters. The topological polar surface area (TPSA) is 26.3 Å². The van der Waals surface area contributed by atoms with Gasteiger partial charge in [-0.25, -0.2) is 0 Å². The van der Waals surface area contributed by atoms with Crippen LogP contribution in [-0.2, 0) is 0 Å². The van der Waals surface area contributed by atoms with Gasteiger partial charge in [-0.15, -0.1) is 0 Å². The van der Waals surface area contributed by atoms with Gasteiger partial charge in [-0.05, 0) is 24.5 Å². The fourth-order valence-corrected chi connectivity index (χ4v) is 2.08. The molecule has 0 N–H and O–H groups in total. The quantitative estimate of drug-likeness (QED) is 0.593. The molecule has 2 nitrogen and oxygen atoms in total. The highest BCUT2D eigenvalue weighted by molar-refractivity contribution is 5.96. The van der Waals surface area contributed by atoms with Gasteiger partial charge < -0.3 is 4.74 Å². The molecule has 1 aromatic carbocycles. The number of unbranched alkanes of at least 4 members (excludes halogenated alkanes) is 1. The Labute approximate surface area is 117 Å². The van der Waals surface area contributed by atoms with E-state index in [4.69, 9.17) is 4.74 Å². The number of ether oxygens (including phenoxy) is 1. The molecule has 0 saturated heterocycles. The summed E-state index contributed by atoms with van der Waals surface area (Å²) in [6, 6.07) is 7.54. The highest BCUT2D eigenvalue weighted by atomic mass is 16.5. The van der Waals surface area contributed by atoms with E-state index in [2.05, 4.69) is 13.8 Å². The van der Waals surface area contributed by atoms with Crippen molar-refractivity contribution < 1.29 is 9.53 Å². The minimum absolute atomic E-state index is 0.170. The number of hydrogen-bond donors (Lipinski definition) is 0. The molecule has 0 aliphatic rings. The van der Waals surface area contributed by atoms with Gasteiger partial charge in [0.15, 0.2) is 5.78 Å². The minimum Gasteiger partial charge on any atom is -0.493 e. The standard InChI is InChI=1S/C17H26O2/c1-4-7-9-14(5-2)13-19-16-11-8-10-15(12-16)17(18)6-3/h8,10-12,14H,4-7,9,13H2,1-3H3. The van der Waals surface area contributed by atoms with Crippen molar-refractivity contribution in [1.82, 2.24) is 0 Å². The van der Waals surface area contributed by atoms with Gasteiger partial charge in [-0.1, -0.05) is 52.2 Å². The average Bonchev–Trinajstić information content (AvgIpc) is 2.47. The Morgan fingerprint density at radius 3 is 2.68 bits per heavy atom. The van der Waals surface area contributed by atoms with E-state index in [1.807, 2.05) is 31.2 Å². The van der Waals surface area contributed by atoms with E-state index >= 15 is 0 Å². The molecule has 0 spiro atoms. The second-order valence-corrected chi connectivity index (χ2v) is 5.03. The number of benzene rings is 1. The van der Waals surface area contributed by atoms with Crippen LogP contribution < -0.4 is 4.74 Å². The molecule has 2 heteroatoms. The smallest absolute Gasteiger partial charge is 0.162 e. The molecule has 0 aliphatic carbocycles. The van der Waals surface area contributed by atoms with Crippen LogP contribution in [-0.4, -0.2) is 12.4 Å². The van der Waals surface area contributed by atoms with Gasteiger partial charge in [0.05, 0.1) is 6.61 Å². The number of hydrogen-bond acceptors (Lipinski definition) is 2. The molecule has 0 aromatic heterocycles. The summed E-state index contributed by atoms with van der Waals surface area (Å²) in [6.07, 6.45) is 5.40. The molecule has 0 heterocycles. The molecule has 0 fully saturated rings. The summed E-state index contributed by atoms with van der Waals surface area (Å²) in [5.74, 6) is 1.60. The fraction of sp³-hybridized carbons (Fsp3) is 0.588. The van der Waals surface area contributed by atoms with Crippen molar-refractivity contribution in [2.75, 3.05) is 6.61 Å². The molecule has 1 atom stereocenters.